The Morgan fingerprint density at radius 2 is 2.36 bits per heavy atom. The Morgan fingerprint density at radius 1 is 1.57 bits per heavy atom. The molecule has 1 rings (SSSR count). The molecule has 76 valence electrons. The molecule has 0 unspecified atom stereocenters. The molecule has 0 aliphatic carbocycles. The number of anilines is 1. The third kappa shape index (κ3) is 3.35. The van der Waals surface area contributed by atoms with Crippen molar-refractivity contribution >= 4 is 11.6 Å². The van der Waals surface area contributed by atoms with E-state index in [1.54, 1.807) is 25.2 Å². The molecule has 4 nitrogen and oxygen atoms in total. The zero-order chi connectivity index (χ0) is 10.4. The summed E-state index contributed by atoms with van der Waals surface area (Å²) in [5, 5.41) is 2.52. The number of hydrogen-bond acceptors (Lipinski definition) is 3. The molecule has 14 heavy (non-hydrogen) atoms. The van der Waals surface area contributed by atoms with Gasteiger partial charge in [-0.25, -0.2) is 0 Å². The van der Waals surface area contributed by atoms with Gasteiger partial charge in [-0.15, -0.1) is 0 Å². The van der Waals surface area contributed by atoms with E-state index in [0.717, 1.165) is 0 Å². The van der Waals surface area contributed by atoms with Crippen LogP contribution in [0.1, 0.15) is 6.42 Å². The second kappa shape index (κ2) is 5.11. The van der Waals surface area contributed by atoms with Crippen molar-refractivity contribution in [2.75, 3.05) is 19.4 Å². The van der Waals surface area contributed by atoms with E-state index in [9.17, 15) is 4.79 Å². The lowest BCUT2D eigenvalue weighted by atomic mass is 10.3. The van der Waals surface area contributed by atoms with Gasteiger partial charge in [-0.1, -0.05) is 6.07 Å². The van der Waals surface area contributed by atoms with Crippen LogP contribution in [-0.4, -0.2) is 19.6 Å². The minimum absolute atomic E-state index is 0.0334. The number of ether oxygens (including phenoxy) is 1. The maximum Gasteiger partial charge on any atom is 0.223 e. The normalized spacial score (nSPS) is 9.50. The second-order valence-electron chi connectivity index (χ2n) is 2.84. The number of nitrogens with one attached hydrogen (secondary N) is 1. The second-order valence-corrected chi connectivity index (χ2v) is 2.84. The predicted molar refractivity (Wildman–Crippen MR) is 55.0 cm³/mol. The topological polar surface area (TPSA) is 64.3 Å². The van der Waals surface area contributed by atoms with Crippen molar-refractivity contribution in [3.05, 3.63) is 24.3 Å². The molecule has 0 aliphatic heterocycles. The fourth-order valence-electron chi connectivity index (χ4n) is 0.991. The van der Waals surface area contributed by atoms with Crippen molar-refractivity contribution < 1.29 is 9.53 Å². The fourth-order valence-corrected chi connectivity index (χ4v) is 0.991. The number of benzene rings is 1. The van der Waals surface area contributed by atoms with E-state index in [1.807, 2.05) is 6.07 Å². The van der Waals surface area contributed by atoms with Gasteiger partial charge in [-0.2, -0.15) is 0 Å². The lowest BCUT2D eigenvalue weighted by Gasteiger charge is -2.05. The Hall–Kier alpha value is -1.71. The van der Waals surface area contributed by atoms with Gasteiger partial charge in [-0.3, -0.25) is 4.79 Å². The Morgan fingerprint density at radius 3 is 3.00 bits per heavy atom. The highest BCUT2D eigenvalue weighted by Crippen LogP contribution is 2.14. The minimum Gasteiger partial charge on any atom is -0.493 e. The minimum atomic E-state index is -0.0334. The summed E-state index contributed by atoms with van der Waals surface area (Å²) >= 11 is 0. The predicted octanol–water partition coefficient (Wildman–Crippen LogP) is 0.784. The van der Waals surface area contributed by atoms with Crippen molar-refractivity contribution in [3.63, 3.8) is 0 Å². The Balaban J connectivity index is 2.35. The molecule has 0 radical (unpaired) electrons. The van der Waals surface area contributed by atoms with Crippen molar-refractivity contribution in [2.24, 2.45) is 0 Å². The smallest absolute Gasteiger partial charge is 0.223 e. The largest absolute Gasteiger partial charge is 0.493 e. The molecule has 0 heterocycles. The van der Waals surface area contributed by atoms with E-state index >= 15 is 0 Å². The van der Waals surface area contributed by atoms with Crippen LogP contribution in [0.2, 0.25) is 0 Å². The van der Waals surface area contributed by atoms with Gasteiger partial charge in [0.05, 0.1) is 13.0 Å². The Bertz CT molecular complexity index is 313. The zero-order valence-corrected chi connectivity index (χ0v) is 8.12. The number of nitrogen functional groups attached to an aromatic ring is 1. The first-order valence-corrected chi connectivity index (χ1v) is 4.41. The maximum absolute atomic E-state index is 10.9. The van der Waals surface area contributed by atoms with Crippen LogP contribution in [-0.2, 0) is 4.79 Å². The molecular formula is C10H14N2O2. The molecule has 1 aromatic carbocycles. The summed E-state index contributed by atoms with van der Waals surface area (Å²) in [5.41, 5.74) is 6.21. The van der Waals surface area contributed by atoms with E-state index in [0.29, 0.717) is 24.5 Å². The van der Waals surface area contributed by atoms with Gasteiger partial charge in [0, 0.05) is 18.8 Å². The van der Waals surface area contributed by atoms with Crippen LogP contribution in [0.3, 0.4) is 0 Å². The monoisotopic (exact) mass is 194 g/mol. The molecule has 1 amide bonds. The SMILES string of the molecule is CNC(=O)CCOc1cccc(N)c1. The molecule has 0 aromatic heterocycles. The average Bonchev–Trinajstić information content (AvgIpc) is 2.17. The highest BCUT2D eigenvalue weighted by atomic mass is 16.5. The zero-order valence-electron chi connectivity index (χ0n) is 8.12. The van der Waals surface area contributed by atoms with E-state index in [1.165, 1.54) is 0 Å². The first-order chi connectivity index (χ1) is 6.72. The molecule has 0 aliphatic rings. The number of hydrogen-bond donors (Lipinski definition) is 2. The van der Waals surface area contributed by atoms with Crippen molar-refractivity contribution in [3.8, 4) is 5.75 Å². The summed E-state index contributed by atoms with van der Waals surface area (Å²) < 4.78 is 5.32. The fraction of sp³-hybridized carbons (Fsp3) is 0.300. The van der Waals surface area contributed by atoms with E-state index in [-0.39, 0.29) is 5.91 Å². The van der Waals surface area contributed by atoms with Gasteiger partial charge in [-0.05, 0) is 12.1 Å². The standard InChI is InChI=1S/C10H14N2O2/c1-12-10(13)5-6-14-9-4-2-3-8(11)7-9/h2-4,7H,5-6,11H2,1H3,(H,12,13). The highest BCUT2D eigenvalue weighted by Gasteiger charge is 1.98. The summed E-state index contributed by atoms with van der Waals surface area (Å²) in [6.07, 6.45) is 0.352. The van der Waals surface area contributed by atoms with Crippen LogP contribution in [0.25, 0.3) is 0 Å². The number of amides is 1. The molecule has 0 bridgehead atoms. The van der Waals surface area contributed by atoms with Gasteiger partial charge in [0.25, 0.3) is 0 Å². The van der Waals surface area contributed by atoms with Crippen LogP contribution in [0, 0.1) is 0 Å². The van der Waals surface area contributed by atoms with Crippen LogP contribution in [0.4, 0.5) is 5.69 Å². The van der Waals surface area contributed by atoms with E-state index in [4.69, 9.17) is 10.5 Å². The Labute approximate surface area is 83.1 Å². The van der Waals surface area contributed by atoms with Crippen molar-refractivity contribution in [1.29, 1.82) is 0 Å². The molecule has 0 fully saturated rings. The van der Waals surface area contributed by atoms with Crippen LogP contribution >= 0.6 is 0 Å². The lowest BCUT2D eigenvalue weighted by molar-refractivity contribution is -0.121. The highest BCUT2D eigenvalue weighted by molar-refractivity contribution is 5.75. The first-order valence-electron chi connectivity index (χ1n) is 4.41. The quantitative estimate of drug-likeness (QED) is 0.696. The number of rotatable bonds is 4. The molecular weight excluding hydrogens is 180 g/mol. The van der Waals surface area contributed by atoms with Gasteiger partial charge in [0.1, 0.15) is 5.75 Å². The first kappa shape index (κ1) is 10.4. The summed E-state index contributed by atoms with van der Waals surface area (Å²) in [5.74, 6) is 0.655. The lowest BCUT2D eigenvalue weighted by Crippen LogP contribution is -2.20. The van der Waals surface area contributed by atoms with Gasteiger partial charge in [0.15, 0.2) is 0 Å². The summed E-state index contributed by atoms with van der Waals surface area (Å²) in [7, 11) is 1.60. The van der Waals surface area contributed by atoms with E-state index < -0.39 is 0 Å². The molecule has 4 heteroatoms. The molecule has 0 saturated carbocycles. The molecule has 0 saturated heterocycles. The van der Waals surface area contributed by atoms with Gasteiger partial charge < -0.3 is 15.8 Å². The molecule has 0 spiro atoms. The molecule has 0 atom stereocenters. The number of carbonyl (C=O) groups excluding carboxylic acids is 1. The van der Waals surface area contributed by atoms with Gasteiger partial charge in [0.2, 0.25) is 5.91 Å². The summed E-state index contributed by atoms with van der Waals surface area (Å²) in [6.45, 7) is 0.364. The van der Waals surface area contributed by atoms with E-state index in [2.05, 4.69) is 5.32 Å². The van der Waals surface area contributed by atoms with Crippen LogP contribution in [0.5, 0.6) is 5.75 Å². The number of carbonyl (C=O) groups is 1. The summed E-state index contributed by atoms with van der Waals surface area (Å²) in [4.78, 5) is 10.9. The third-order valence-corrected chi connectivity index (χ3v) is 1.73. The summed E-state index contributed by atoms with van der Waals surface area (Å²) in [6, 6.07) is 7.13. The average molecular weight is 194 g/mol. The Kier molecular flexibility index (Phi) is 3.79. The third-order valence-electron chi connectivity index (χ3n) is 1.73. The van der Waals surface area contributed by atoms with Crippen LogP contribution in [0.15, 0.2) is 24.3 Å². The van der Waals surface area contributed by atoms with Crippen molar-refractivity contribution in [1.82, 2.24) is 5.32 Å². The maximum atomic E-state index is 10.9. The van der Waals surface area contributed by atoms with Crippen molar-refractivity contribution in [2.45, 2.75) is 6.42 Å². The molecule has 1 aromatic rings. The van der Waals surface area contributed by atoms with Crippen LogP contribution < -0.4 is 15.8 Å². The molecule has 3 N–H and O–H groups in total. The van der Waals surface area contributed by atoms with Gasteiger partial charge >= 0.3 is 0 Å². The number of nitrogens with two attached hydrogens (primary N) is 1.